The number of anilines is 3. The fourth-order valence-corrected chi connectivity index (χ4v) is 2.38. The van der Waals surface area contributed by atoms with Gasteiger partial charge in [0.05, 0.1) is 0 Å². The Morgan fingerprint density at radius 3 is 2.38 bits per heavy atom. The zero-order valence-corrected chi connectivity index (χ0v) is 14.0. The Balaban J connectivity index is 1.69. The first kappa shape index (κ1) is 17.5. The van der Waals surface area contributed by atoms with Gasteiger partial charge in [-0.15, -0.1) is 10.2 Å². The number of nitrogens with one attached hydrogen (secondary N) is 2. The van der Waals surface area contributed by atoms with Gasteiger partial charge in [-0.05, 0) is 48.4 Å². The Morgan fingerprint density at radius 1 is 0.962 bits per heavy atom. The Morgan fingerprint density at radius 2 is 1.69 bits per heavy atom. The minimum Gasteiger partial charge on any atom is -0.339 e. The van der Waals surface area contributed by atoms with Crippen molar-refractivity contribution in [2.24, 2.45) is 0 Å². The van der Waals surface area contributed by atoms with Crippen molar-refractivity contribution in [3.05, 3.63) is 77.4 Å². The van der Waals surface area contributed by atoms with E-state index in [4.69, 9.17) is 0 Å². The van der Waals surface area contributed by atoms with Crippen LogP contribution in [0.1, 0.15) is 22.8 Å². The van der Waals surface area contributed by atoms with Gasteiger partial charge in [0.25, 0.3) is 5.91 Å². The number of aromatic nitrogens is 2. The average molecular weight is 354 g/mol. The molecule has 132 valence electrons. The summed E-state index contributed by atoms with van der Waals surface area (Å²) in [7, 11) is 0. The number of amides is 1. The van der Waals surface area contributed by atoms with Crippen molar-refractivity contribution in [1.82, 2.24) is 10.2 Å². The highest BCUT2D eigenvalue weighted by atomic mass is 19.2. The number of halogens is 2. The fourth-order valence-electron chi connectivity index (χ4n) is 2.38. The van der Waals surface area contributed by atoms with Crippen LogP contribution in [0.4, 0.5) is 26.1 Å². The van der Waals surface area contributed by atoms with Gasteiger partial charge in [-0.1, -0.05) is 25.1 Å². The summed E-state index contributed by atoms with van der Waals surface area (Å²) in [6.07, 6.45) is 0.874. The third-order valence-electron chi connectivity index (χ3n) is 3.75. The Labute approximate surface area is 149 Å². The van der Waals surface area contributed by atoms with Crippen molar-refractivity contribution in [1.29, 1.82) is 0 Å². The molecule has 1 heterocycles. The molecule has 3 aromatic rings. The maximum absolute atomic E-state index is 13.2. The Bertz CT molecular complexity index is 929. The topological polar surface area (TPSA) is 66.9 Å². The summed E-state index contributed by atoms with van der Waals surface area (Å²) in [5, 5.41) is 13.6. The summed E-state index contributed by atoms with van der Waals surface area (Å²) in [4.78, 5) is 12.1. The number of hydrogen-bond donors (Lipinski definition) is 2. The number of aryl methyl sites for hydroxylation is 1. The summed E-state index contributed by atoms with van der Waals surface area (Å²) in [5.74, 6) is -1.97. The van der Waals surface area contributed by atoms with Crippen LogP contribution in [-0.2, 0) is 6.42 Å². The molecule has 26 heavy (non-hydrogen) atoms. The molecular weight excluding hydrogens is 338 g/mol. The summed E-state index contributed by atoms with van der Waals surface area (Å²) in [6.45, 7) is 2.06. The average Bonchev–Trinajstić information content (AvgIpc) is 2.66. The number of benzene rings is 2. The van der Waals surface area contributed by atoms with Crippen molar-refractivity contribution in [3.63, 3.8) is 0 Å². The van der Waals surface area contributed by atoms with E-state index in [1.807, 2.05) is 24.3 Å². The second-order valence-corrected chi connectivity index (χ2v) is 5.52. The van der Waals surface area contributed by atoms with E-state index in [1.165, 1.54) is 6.07 Å². The maximum Gasteiger partial charge on any atom is 0.256 e. The maximum atomic E-state index is 13.2. The van der Waals surface area contributed by atoms with Crippen LogP contribution in [-0.4, -0.2) is 16.1 Å². The van der Waals surface area contributed by atoms with Gasteiger partial charge in [-0.25, -0.2) is 8.78 Å². The summed E-state index contributed by atoms with van der Waals surface area (Å²) < 4.78 is 26.1. The second kappa shape index (κ2) is 7.69. The Hall–Kier alpha value is -3.35. The molecule has 0 atom stereocenters. The SMILES string of the molecule is CCc1ccccc1Nc1ccc(NC(=O)c2ccc(F)c(F)c2)nn1. The first-order valence-corrected chi connectivity index (χ1v) is 8.02. The van der Waals surface area contributed by atoms with E-state index in [0.717, 1.165) is 29.8 Å². The molecule has 2 N–H and O–H groups in total. The van der Waals surface area contributed by atoms with E-state index < -0.39 is 17.5 Å². The van der Waals surface area contributed by atoms with Crippen LogP contribution in [0.3, 0.4) is 0 Å². The van der Waals surface area contributed by atoms with Crippen LogP contribution in [0.25, 0.3) is 0 Å². The van der Waals surface area contributed by atoms with E-state index in [0.29, 0.717) is 5.82 Å². The molecule has 7 heteroatoms. The van der Waals surface area contributed by atoms with E-state index in [2.05, 4.69) is 27.8 Å². The van der Waals surface area contributed by atoms with Crippen molar-refractivity contribution in [2.45, 2.75) is 13.3 Å². The lowest BCUT2D eigenvalue weighted by molar-refractivity contribution is 0.102. The van der Waals surface area contributed by atoms with Crippen molar-refractivity contribution in [2.75, 3.05) is 10.6 Å². The standard InChI is InChI=1S/C19H16F2N4O/c1-2-12-5-3-4-6-16(12)22-17-9-10-18(25-24-17)23-19(26)13-7-8-14(20)15(21)11-13/h3-11H,2H2,1H3,(H,22,24)(H,23,25,26). The van der Waals surface area contributed by atoms with Gasteiger partial charge in [0.1, 0.15) is 0 Å². The lowest BCUT2D eigenvalue weighted by Gasteiger charge is -2.10. The molecule has 0 radical (unpaired) electrons. The summed E-state index contributed by atoms with van der Waals surface area (Å²) in [5.41, 5.74) is 2.07. The first-order valence-electron chi connectivity index (χ1n) is 8.02. The van der Waals surface area contributed by atoms with Gasteiger partial charge in [0.15, 0.2) is 23.3 Å². The zero-order valence-electron chi connectivity index (χ0n) is 14.0. The molecule has 0 aliphatic rings. The first-order chi connectivity index (χ1) is 12.6. The van der Waals surface area contributed by atoms with E-state index in [9.17, 15) is 13.6 Å². The molecule has 0 spiro atoms. The number of carbonyl (C=O) groups excluding carboxylic acids is 1. The van der Waals surface area contributed by atoms with Gasteiger partial charge in [-0.3, -0.25) is 4.79 Å². The molecular formula is C19H16F2N4O. The van der Waals surface area contributed by atoms with Crippen LogP contribution < -0.4 is 10.6 Å². The highest BCUT2D eigenvalue weighted by molar-refractivity contribution is 6.03. The molecule has 3 rings (SSSR count). The molecule has 0 unspecified atom stereocenters. The van der Waals surface area contributed by atoms with Crippen molar-refractivity contribution >= 4 is 23.2 Å². The molecule has 0 aliphatic heterocycles. The molecule has 0 bridgehead atoms. The zero-order chi connectivity index (χ0) is 18.5. The monoisotopic (exact) mass is 354 g/mol. The van der Waals surface area contributed by atoms with Crippen LogP contribution >= 0.6 is 0 Å². The van der Waals surface area contributed by atoms with E-state index in [1.54, 1.807) is 12.1 Å². The molecule has 0 saturated carbocycles. The molecule has 0 saturated heterocycles. The van der Waals surface area contributed by atoms with Crippen LogP contribution in [0.5, 0.6) is 0 Å². The highest BCUT2D eigenvalue weighted by Gasteiger charge is 2.11. The predicted molar refractivity (Wildman–Crippen MR) is 95.4 cm³/mol. The molecule has 0 fully saturated rings. The van der Waals surface area contributed by atoms with Crippen LogP contribution in [0, 0.1) is 11.6 Å². The molecule has 2 aromatic carbocycles. The van der Waals surface area contributed by atoms with Gasteiger partial charge < -0.3 is 10.6 Å². The van der Waals surface area contributed by atoms with Gasteiger partial charge >= 0.3 is 0 Å². The summed E-state index contributed by atoms with van der Waals surface area (Å²) in [6, 6.07) is 14.0. The smallest absolute Gasteiger partial charge is 0.256 e. The normalized spacial score (nSPS) is 10.4. The highest BCUT2D eigenvalue weighted by Crippen LogP contribution is 2.20. The lowest BCUT2D eigenvalue weighted by atomic mass is 10.1. The molecule has 1 amide bonds. The minimum absolute atomic E-state index is 0.00947. The fraction of sp³-hybridized carbons (Fsp3) is 0.105. The molecule has 1 aromatic heterocycles. The minimum atomic E-state index is -1.09. The second-order valence-electron chi connectivity index (χ2n) is 5.52. The molecule has 0 aliphatic carbocycles. The van der Waals surface area contributed by atoms with E-state index >= 15 is 0 Å². The van der Waals surface area contributed by atoms with Crippen molar-refractivity contribution < 1.29 is 13.6 Å². The van der Waals surface area contributed by atoms with Crippen LogP contribution in [0.2, 0.25) is 0 Å². The number of para-hydroxylation sites is 1. The van der Waals surface area contributed by atoms with E-state index in [-0.39, 0.29) is 11.4 Å². The lowest BCUT2D eigenvalue weighted by Crippen LogP contribution is -2.14. The van der Waals surface area contributed by atoms with Gasteiger partial charge in [-0.2, -0.15) is 0 Å². The third-order valence-corrected chi connectivity index (χ3v) is 3.75. The third kappa shape index (κ3) is 4.00. The molecule has 5 nitrogen and oxygen atoms in total. The van der Waals surface area contributed by atoms with Gasteiger partial charge in [0.2, 0.25) is 0 Å². The number of carbonyl (C=O) groups is 1. The van der Waals surface area contributed by atoms with Crippen molar-refractivity contribution in [3.8, 4) is 0 Å². The predicted octanol–water partition coefficient (Wildman–Crippen LogP) is 4.31. The number of hydrogen-bond acceptors (Lipinski definition) is 4. The number of rotatable bonds is 5. The largest absolute Gasteiger partial charge is 0.339 e. The Kier molecular flexibility index (Phi) is 5.17. The quantitative estimate of drug-likeness (QED) is 0.716. The van der Waals surface area contributed by atoms with Gasteiger partial charge in [0, 0.05) is 11.3 Å². The number of nitrogens with zero attached hydrogens (tertiary/aromatic N) is 2. The van der Waals surface area contributed by atoms with Crippen LogP contribution in [0.15, 0.2) is 54.6 Å². The summed E-state index contributed by atoms with van der Waals surface area (Å²) >= 11 is 0.